The van der Waals surface area contributed by atoms with E-state index in [-0.39, 0.29) is 12.1 Å². The number of nitrogens with one attached hydrogen (secondary N) is 2. The van der Waals surface area contributed by atoms with Crippen LogP contribution in [0.3, 0.4) is 0 Å². The largest absolute Gasteiger partial charge is 0.378 e. The molecule has 25 heavy (non-hydrogen) atoms. The first-order chi connectivity index (χ1) is 12.1. The van der Waals surface area contributed by atoms with Crippen LogP contribution in [0.2, 0.25) is 5.02 Å². The Bertz CT molecular complexity index is 718. The van der Waals surface area contributed by atoms with Gasteiger partial charge in [-0.05, 0) is 30.7 Å². The van der Waals surface area contributed by atoms with Crippen molar-refractivity contribution in [3.63, 3.8) is 0 Å². The van der Waals surface area contributed by atoms with Gasteiger partial charge in [-0.15, -0.1) is 0 Å². The molecule has 0 radical (unpaired) electrons. The van der Waals surface area contributed by atoms with Crippen LogP contribution in [0.25, 0.3) is 0 Å². The van der Waals surface area contributed by atoms with Crippen LogP contribution >= 0.6 is 11.6 Å². The second kappa shape index (κ2) is 8.23. The lowest BCUT2D eigenvalue weighted by Gasteiger charge is -2.30. The molecule has 1 fully saturated rings. The van der Waals surface area contributed by atoms with Crippen molar-refractivity contribution in [2.45, 2.75) is 13.0 Å². The number of carbonyl (C=O) groups excluding carboxylic acids is 1. The maximum atomic E-state index is 12.4. The quantitative estimate of drug-likeness (QED) is 0.865. The zero-order valence-electron chi connectivity index (χ0n) is 14.2. The Morgan fingerprint density at radius 2 is 1.88 bits per heavy atom. The van der Waals surface area contributed by atoms with Crippen LogP contribution < -0.4 is 15.5 Å². The number of carbonyl (C=O) groups is 1. The van der Waals surface area contributed by atoms with E-state index in [0.29, 0.717) is 23.9 Å². The molecule has 0 saturated carbocycles. The Kier molecular flexibility index (Phi) is 5.79. The van der Waals surface area contributed by atoms with E-state index in [1.807, 2.05) is 49.4 Å². The monoisotopic (exact) mass is 359 g/mol. The number of nitrogens with zero attached hydrogens (tertiary/aromatic N) is 1. The molecule has 2 N–H and O–H groups in total. The summed E-state index contributed by atoms with van der Waals surface area (Å²) in [4.78, 5) is 14.6. The molecular weight excluding hydrogens is 338 g/mol. The molecule has 2 amide bonds. The van der Waals surface area contributed by atoms with Gasteiger partial charge in [-0.2, -0.15) is 0 Å². The van der Waals surface area contributed by atoms with Crippen LogP contribution in [0, 0.1) is 0 Å². The highest BCUT2D eigenvalue weighted by Crippen LogP contribution is 2.30. The van der Waals surface area contributed by atoms with Crippen LogP contribution in [0.5, 0.6) is 0 Å². The number of rotatable bonds is 4. The fraction of sp³-hybridized carbons (Fsp3) is 0.316. The van der Waals surface area contributed by atoms with Gasteiger partial charge in [0.05, 0.1) is 30.6 Å². The highest BCUT2D eigenvalue weighted by molar-refractivity contribution is 6.31. The fourth-order valence-electron chi connectivity index (χ4n) is 2.87. The van der Waals surface area contributed by atoms with Crippen molar-refractivity contribution < 1.29 is 9.53 Å². The first-order valence-electron chi connectivity index (χ1n) is 8.38. The zero-order chi connectivity index (χ0) is 17.6. The van der Waals surface area contributed by atoms with Crippen molar-refractivity contribution in [3.8, 4) is 0 Å². The summed E-state index contributed by atoms with van der Waals surface area (Å²) in [5, 5.41) is 6.48. The molecule has 0 aliphatic carbocycles. The molecule has 5 nitrogen and oxygen atoms in total. The number of morpholine rings is 1. The average Bonchev–Trinajstić information content (AvgIpc) is 2.63. The minimum Gasteiger partial charge on any atom is -0.378 e. The third-order valence-electron chi connectivity index (χ3n) is 4.21. The number of hydrogen-bond donors (Lipinski definition) is 2. The first kappa shape index (κ1) is 17.6. The molecule has 1 aliphatic heterocycles. The van der Waals surface area contributed by atoms with Gasteiger partial charge in [0, 0.05) is 18.1 Å². The highest BCUT2D eigenvalue weighted by Gasteiger charge is 2.17. The molecule has 0 aromatic heterocycles. The van der Waals surface area contributed by atoms with Gasteiger partial charge in [0.1, 0.15) is 0 Å². The second-order valence-electron chi connectivity index (χ2n) is 5.99. The van der Waals surface area contributed by atoms with E-state index >= 15 is 0 Å². The second-order valence-corrected chi connectivity index (χ2v) is 6.43. The Morgan fingerprint density at radius 3 is 2.60 bits per heavy atom. The number of ether oxygens (including phenoxy) is 1. The van der Waals surface area contributed by atoms with Gasteiger partial charge in [-0.1, -0.05) is 41.9 Å². The fourth-order valence-corrected chi connectivity index (χ4v) is 3.04. The molecule has 1 atom stereocenters. The van der Waals surface area contributed by atoms with E-state index in [4.69, 9.17) is 16.3 Å². The van der Waals surface area contributed by atoms with Crippen molar-refractivity contribution >= 4 is 29.0 Å². The number of amides is 2. The molecule has 1 unspecified atom stereocenters. The summed E-state index contributed by atoms with van der Waals surface area (Å²) >= 11 is 6.13. The van der Waals surface area contributed by atoms with Crippen molar-refractivity contribution in [2.24, 2.45) is 0 Å². The van der Waals surface area contributed by atoms with Crippen molar-refractivity contribution in [3.05, 3.63) is 59.1 Å². The third-order valence-corrected chi connectivity index (χ3v) is 4.44. The molecule has 2 aromatic rings. The molecule has 132 valence electrons. The minimum atomic E-state index is -0.256. The summed E-state index contributed by atoms with van der Waals surface area (Å²) in [7, 11) is 0. The SMILES string of the molecule is CC(NC(=O)Nc1cc(Cl)ccc1N1CCOCC1)c1ccccc1. The lowest BCUT2D eigenvalue weighted by molar-refractivity contribution is 0.123. The number of anilines is 2. The lowest BCUT2D eigenvalue weighted by Crippen LogP contribution is -2.37. The zero-order valence-corrected chi connectivity index (χ0v) is 14.9. The molecule has 3 rings (SSSR count). The summed E-state index contributed by atoms with van der Waals surface area (Å²) in [5.41, 5.74) is 2.71. The van der Waals surface area contributed by atoms with Gasteiger partial charge in [0.15, 0.2) is 0 Å². The number of hydrogen-bond acceptors (Lipinski definition) is 3. The van der Waals surface area contributed by atoms with Gasteiger partial charge in [-0.25, -0.2) is 4.79 Å². The normalized spacial score (nSPS) is 15.5. The number of halogens is 1. The number of urea groups is 1. The predicted octanol–water partition coefficient (Wildman–Crippen LogP) is 4.06. The predicted molar refractivity (Wildman–Crippen MR) is 101 cm³/mol. The molecule has 1 aliphatic rings. The van der Waals surface area contributed by atoms with Crippen molar-refractivity contribution in [2.75, 3.05) is 36.5 Å². The van der Waals surface area contributed by atoms with Crippen LogP contribution in [-0.4, -0.2) is 32.3 Å². The molecule has 1 heterocycles. The Labute approximate surface area is 152 Å². The van der Waals surface area contributed by atoms with Crippen molar-refractivity contribution in [1.82, 2.24) is 5.32 Å². The van der Waals surface area contributed by atoms with Gasteiger partial charge in [0.25, 0.3) is 0 Å². The minimum absolute atomic E-state index is 0.0905. The topological polar surface area (TPSA) is 53.6 Å². The smallest absolute Gasteiger partial charge is 0.319 e. The standard InChI is InChI=1S/C19H22ClN3O2/c1-14(15-5-3-2-4-6-15)21-19(24)22-17-13-16(20)7-8-18(17)23-9-11-25-12-10-23/h2-8,13-14H,9-12H2,1H3,(H2,21,22,24). The third kappa shape index (κ3) is 4.65. The highest BCUT2D eigenvalue weighted by atomic mass is 35.5. The summed E-state index contributed by atoms with van der Waals surface area (Å²) < 4.78 is 5.40. The molecule has 0 bridgehead atoms. The Morgan fingerprint density at radius 1 is 1.16 bits per heavy atom. The van der Waals surface area contributed by atoms with Crippen molar-refractivity contribution in [1.29, 1.82) is 0 Å². The van der Waals surface area contributed by atoms with Crippen LogP contribution in [0.15, 0.2) is 48.5 Å². The summed E-state index contributed by atoms with van der Waals surface area (Å²) in [6, 6.07) is 15.0. The van der Waals surface area contributed by atoms with Gasteiger partial charge >= 0.3 is 6.03 Å². The molecule has 2 aromatic carbocycles. The van der Waals surface area contributed by atoms with E-state index in [2.05, 4.69) is 15.5 Å². The number of benzene rings is 2. The van der Waals surface area contributed by atoms with Crippen LogP contribution in [0.1, 0.15) is 18.5 Å². The van der Waals surface area contributed by atoms with Gasteiger partial charge in [-0.3, -0.25) is 0 Å². The molecule has 6 heteroatoms. The lowest BCUT2D eigenvalue weighted by atomic mass is 10.1. The maximum absolute atomic E-state index is 12.4. The first-order valence-corrected chi connectivity index (χ1v) is 8.76. The van der Waals surface area contributed by atoms with E-state index in [1.54, 1.807) is 6.07 Å². The van der Waals surface area contributed by atoms with Gasteiger partial charge in [0.2, 0.25) is 0 Å². The Hall–Kier alpha value is -2.24. The van der Waals surface area contributed by atoms with Gasteiger partial charge < -0.3 is 20.3 Å². The summed E-state index contributed by atoms with van der Waals surface area (Å²) in [6.45, 7) is 4.89. The van der Waals surface area contributed by atoms with E-state index in [1.165, 1.54) is 0 Å². The van der Waals surface area contributed by atoms with E-state index < -0.39 is 0 Å². The molecule has 0 spiro atoms. The summed E-state index contributed by atoms with van der Waals surface area (Å²) in [5.74, 6) is 0. The Balaban J connectivity index is 1.71. The van der Waals surface area contributed by atoms with Crippen LogP contribution in [-0.2, 0) is 4.74 Å². The molecular formula is C19H22ClN3O2. The molecule has 1 saturated heterocycles. The van der Waals surface area contributed by atoms with Crippen LogP contribution in [0.4, 0.5) is 16.2 Å². The van der Waals surface area contributed by atoms with E-state index in [0.717, 1.165) is 24.3 Å². The summed E-state index contributed by atoms with van der Waals surface area (Å²) in [6.07, 6.45) is 0. The van der Waals surface area contributed by atoms with E-state index in [9.17, 15) is 4.79 Å². The average molecular weight is 360 g/mol. The maximum Gasteiger partial charge on any atom is 0.319 e.